The minimum absolute atomic E-state index is 0.0930. The molecule has 0 aliphatic heterocycles. The molecule has 0 fully saturated rings. The molecule has 5 heteroatoms. The van der Waals surface area contributed by atoms with E-state index in [4.69, 9.17) is 11.6 Å². The highest BCUT2D eigenvalue weighted by Gasteiger charge is 2.30. The second kappa shape index (κ2) is 5.67. The number of carbonyl (C=O) groups excluding carboxylic acids is 1. The summed E-state index contributed by atoms with van der Waals surface area (Å²) >= 11 is 5.78. The fraction of sp³-hybridized carbons (Fsp3) is 0.133. The van der Waals surface area contributed by atoms with Crippen LogP contribution in [0, 0.1) is 0 Å². The van der Waals surface area contributed by atoms with Crippen molar-refractivity contribution in [3.8, 4) is 0 Å². The van der Waals surface area contributed by atoms with Gasteiger partial charge in [-0.25, -0.2) is 0 Å². The second-order valence-corrected chi connectivity index (χ2v) is 4.74. The van der Waals surface area contributed by atoms with Crippen LogP contribution >= 0.6 is 11.6 Å². The molecular formula is C15H10ClF3O. The van der Waals surface area contributed by atoms with Crippen molar-refractivity contribution in [3.63, 3.8) is 0 Å². The average molecular weight is 299 g/mol. The quantitative estimate of drug-likeness (QED) is 0.745. The molecule has 104 valence electrons. The van der Waals surface area contributed by atoms with Gasteiger partial charge in [-0.2, -0.15) is 13.2 Å². The van der Waals surface area contributed by atoms with E-state index in [-0.39, 0.29) is 12.2 Å². The minimum atomic E-state index is -4.41. The van der Waals surface area contributed by atoms with Gasteiger partial charge in [0.15, 0.2) is 5.78 Å². The summed E-state index contributed by atoms with van der Waals surface area (Å²) in [4.78, 5) is 12.0. The summed E-state index contributed by atoms with van der Waals surface area (Å²) in [5.41, 5.74) is -0.0476. The number of Topliss-reactive ketones (excluding diaryl/α,β-unsaturated/α-hetero) is 1. The molecule has 0 atom stereocenters. The summed E-state index contributed by atoms with van der Waals surface area (Å²) in [5, 5.41) is 0.417. The zero-order valence-electron chi connectivity index (χ0n) is 10.2. The Morgan fingerprint density at radius 2 is 1.75 bits per heavy atom. The number of halogens is 4. The lowest BCUT2D eigenvalue weighted by molar-refractivity contribution is -0.137. The van der Waals surface area contributed by atoms with Crippen LogP contribution in [0.2, 0.25) is 5.02 Å². The third-order valence-corrected chi connectivity index (χ3v) is 3.00. The first-order valence-electron chi connectivity index (χ1n) is 5.81. The van der Waals surface area contributed by atoms with Crippen molar-refractivity contribution in [1.29, 1.82) is 0 Å². The Bertz CT molecular complexity index is 635. The van der Waals surface area contributed by atoms with Gasteiger partial charge in [-0.05, 0) is 23.8 Å². The third kappa shape index (κ3) is 3.61. The highest BCUT2D eigenvalue weighted by atomic mass is 35.5. The van der Waals surface area contributed by atoms with Gasteiger partial charge in [0.25, 0.3) is 0 Å². The summed E-state index contributed by atoms with van der Waals surface area (Å²) < 4.78 is 37.7. The fourth-order valence-corrected chi connectivity index (χ4v) is 2.00. The number of carbonyl (C=O) groups is 1. The fourth-order valence-electron chi connectivity index (χ4n) is 1.81. The van der Waals surface area contributed by atoms with E-state index >= 15 is 0 Å². The van der Waals surface area contributed by atoms with Crippen molar-refractivity contribution in [2.75, 3.05) is 0 Å². The molecule has 2 aromatic rings. The van der Waals surface area contributed by atoms with Crippen LogP contribution in [0.3, 0.4) is 0 Å². The van der Waals surface area contributed by atoms with Crippen molar-refractivity contribution < 1.29 is 18.0 Å². The van der Waals surface area contributed by atoms with Gasteiger partial charge in [-0.3, -0.25) is 4.79 Å². The Hall–Kier alpha value is -1.81. The number of hydrogen-bond donors (Lipinski definition) is 0. The molecule has 0 heterocycles. The van der Waals surface area contributed by atoms with E-state index in [2.05, 4.69) is 0 Å². The Morgan fingerprint density at radius 3 is 2.40 bits per heavy atom. The molecule has 2 aromatic carbocycles. The van der Waals surface area contributed by atoms with E-state index in [1.54, 1.807) is 18.2 Å². The first-order chi connectivity index (χ1) is 9.36. The largest absolute Gasteiger partial charge is 0.416 e. The normalized spacial score (nSPS) is 11.4. The molecule has 0 unspecified atom stereocenters. The van der Waals surface area contributed by atoms with Gasteiger partial charge >= 0.3 is 6.18 Å². The molecule has 0 bridgehead atoms. The van der Waals surface area contributed by atoms with Gasteiger partial charge < -0.3 is 0 Å². The van der Waals surface area contributed by atoms with Crippen molar-refractivity contribution in [3.05, 3.63) is 70.2 Å². The lowest BCUT2D eigenvalue weighted by Crippen LogP contribution is -2.08. The molecule has 0 N–H and O–H groups in total. The van der Waals surface area contributed by atoms with Crippen LogP contribution in [0.1, 0.15) is 21.5 Å². The monoisotopic (exact) mass is 298 g/mol. The average Bonchev–Trinajstić information content (AvgIpc) is 2.38. The van der Waals surface area contributed by atoms with Crippen molar-refractivity contribution in [1.82, 2.24) is 0 Å². The predicted molar refractivity (Wildman–Crippen MR) is 70.9 cm³/mol. The van der Waals surface area contributed by atoms with Gasteiger partial charge in [-0.15, -0.1) is 0 Å². The maximum absolute atomic E-state index is 12.6. The van der Waals surface area contributed by atoms with E-state index in [1.807, 2.05) is 0 Å². The van der Waals surface area contributed by atoms with E-state index in [9.17, 15) is 18.0 Å². The molecule has 0 aliphatic rings. The summed E-state index contributed by atoms with van der Waals surface area (Å²) in [6.07, 6.45) is -4.50. The van der Waals surface area contributed by atoms with Crippen molar-refractivity contribution in [2.45, 2.75) is 12.6 Å². The van der Waals surface area contributed by atoms with Gasteiger partial charge in [0.1, 0.15) is 0 Å². The lowest BCUT2D eigenvalue weighted by Gasteiger charge is -2.08. The van der Waals surface area contributed by atoms with Crippen LogP contribution in [-0.2, 0) is 12.6 Å². The molecular weight excluding hydrogens is 289 g/mol. The molecule has 0 aromatic heterocycles. The molecule has 2 rings (SSSR count). The van der Waals surface area contributed by atoms with Gasteiger partial charge in [-0.1, -0.05) is 41.9 Å². The van der Waals surface area contributed by atoms with E-state index in [0.717, 1.165) is 12.1 Å². The van der Waals surface area contributed by atoms with Crippen LogP contribution in [0.15, 0.2) is 48.5 Å². The molecule has 1 nitrogen and oxygen atoms in total. The minimum Gasteiger partial charge on any atom is -0.294 e. The number of benzene rings is 2. The third-order valence-electron chi connectivity index (χ3n) is 2.77. The molecule has 0 radical (unpaired) electrons. The second-order valence-electron chi connectivity index (χ2n) is 4.31. The predicted octanol–water partition coefficient (Wildman–Crippen LogP) is 4.78. The summed E-state index contributed by atoms with van der Waals surface area (Å²) in [6.45, 7) is 0. The van der Waals surface area contributed by atoms with Crippen molar-refractivity contribution in [2.24, 2.45) is 0 Å². The molecule has 0 spiro atoms. The molecule has 0 aliphatic carbocycles. The van der Waals surface area contributed by atoms with Crippen molar-refractivity contribution >= 4 is 17.4 Å². The van der Waals surface area contributed by atoms with Gasteiger partial charge in [0.2, 0.25) is 0 Å². The summed E-state index contributed by atoms with van der Waals surface area (Å²) in [6, 6.07) is 11.1. The van der Waals surface area contributed by atoms with Gasteiger partial charge in [0.05, 0.1) is 5.56 Å². The first-order valence-corrected chi connectivity index (χ1v) is 6.19. The highest BCUT2D eigenvalue weighted by molar-refractivity contribution is 6.31. The zero-order valence-corrected chi connectivity index (χ0v) is 11.0. The van der Waals surface area contributed by atoms with Crippen LogP contribution < -0.4 is 0 Å². The smallest absolute Gasteiger partial charge is 0.294 e. The Balaban J connectivity index is 2.20. The first kappa shape index (κ1) is 14.6. The summed E-state index contributed by atoms with van der Waals surface area (Å²) in [5.74, 6) is -0.271. The van der Waals surface area contributed by atoms with Crippen LogP contribution in [0.25, 0.3) is 0 Å². The number of rotatable bonds is 3. The Kier molecular flexibility index (Phi) is 4.14. The summed E-state index contributed by atoms with van der Waals surface area (Å²) in [7, 11) is 0. The van der Waals surface area contributed by atoms with Crippen LogP contribution in [0.5, 0.6) is 0 Å². The molecule has 0 saturated heterocycles. The number of hydrogen-bond acceptors (Lipinski definition) is 1. The molecule has 0 amide bonds. The SMILES string of the molecule is O=C(Cc1cccc(C(F)(F)F)c1)c1cccc(Cl)c1. The maximum atomic E-state index is 12.6. The zero-order chi connectivity index (χ0) is 14.8. The van der Waals surface area contributed by atoms with Crippen LogP contribution in [0.4, 0.5) is 13.2 Å². The van der Waals surface area contributed by atoms with E-state index < -0.39 is 11.7 Å². The van der Waals surface area contributed by atoms with E-state index in [1.165, 1.54) is 18.2 Å². The lowest BCUT2D eigenvalue weighted by atomic mass is 10.0. The maximum Gasteiger partial charge on any atom is 0.416 e. The Morgan fingerprint density at radius 1 is 1.05 bits per heavy atom. The number of ketones is 1. The molecule has 0 saturated carbocycles. The topological polar surface area (TPSA) is 17.1 Å². The highest BCUT2D eigenvalue weighted by Crippen LogP contribution is 2.29. The van der Waals surface area contributed by atoms with Crippen LogP contribution in [-0.4, -0.2) is 5.78 Å². The van der Waals surface area contributed by atoms with Gasteiger partial charge in [0, 0.05) is 17.0 Å². The van der Waals surface area contributed by atoms with E-state index in [0.29, 0.717) is 16.1 Å². The Labute approximate surface area is 119 Å². The standard InChI is InChI=1S/C15H10ClF3O/c16-13-6-2-4-11(9-13)14(20)8-10-3-1-5-12(7-10)15(17,18)19/h1-7,9H,8H2. The molecule has 20 heavy (non-hydrogen) atoms. The number of alkyl halides is 3.